The summed E-state index contributed by atoms with van der Waals surface area (Å²) in [6, 6.07) is 5.92. The van der Waals surface area contributed by atoms with E-state index in [2.05, 4.69) is 15.2 Å². The molecule has 0 aliphatic carbocycles. The van der Waals surface area contributed by atoms with Crippen LogP contribution in [0.3, 0.4) is 0 Å². The molecule has 0 unspecified atom stereocenters. The van der Waals surface area contributed by atoms with Crippen LogP contribution in [-0.2, 0) is 6.42 Å². The number of hydrogen-bond donors (Lipinski definition) is 0. The molecule has 0 spiro atoms. The van der Waals surface area contributed by atoms with Crippen LogP contribution in [0, 0.1) is 0 Å². The van der Waals surface area contributed by atoms with Crippen molar-refractivity contribution in [3.63, 3.8) is 0 Å². The third-order valence-corrected chi connectivity index (χ3v) is 2.88. The first-order valence-corrected chi connectivity index (χ1v) is 5.82. The van der Waals surface area contributed by atoms with Gasteiger partial charge in [0.05, 0.1) is 12.8 Å². The lowest BCUT2D eigenvalue weighted by Gasteiger charge is -2.17. The zero-order valence-electron chi connectivity index (χ0n) is 9.06. The Morgan fingerprint density at radius 2 is 2.24 bits per heavy atom. The average molecular weight is 248 g/mol. The first-order valence-electron chi connectivity index (χ1n) is 5.44. The largest absolute Gasteiger partial charge is 0.493 e. The van der Waals surface area contributed by atoms with E-state index in [4.69, 9.17) is 16.3 Å². The van der Waals surface area contributed by atoms with Crippen molar-refractivity contribution in [2.45, 2.75) is 12.8 Å². The topological polar surface area (TPSA) is 47.9 Å². The van der Waals surface area contributed by atoms with Crippen LogP contribution in [0.5, 0.6) is 5.75 Å². The summed E-state index contributed by atoms with van der Waals surface area (Å²) in [6.45, 7) is 0.793. The van der Waals surface area contributed by atoms with Gasteiger partial charge in [-0.2, -0.15) is 5.10 Å². The number of benzene rings is 1. The van der Waals surface area contributed by atoms with E-state index in [0.717, 1.165) is 30.8 Å². The number of aromatic nitrogens is 3. The van der Waals surface area contributed by atoms with E-state index in [1.807, 2.05) is 18.2 Å². The number of rotatable bonds is 1. The van der Waals surface area contributed by atoms with E-state index in [1.165, 1.54) is 11.8 Å². The molecular weight excluding hydrogens is 238 g/mol. The Morgan fingerprint density at radius 3 is 3.12 bits per heavy atom. The molecule has 3 rings (SSSR count). The average Bonchev–Trinajstić information content (AvgIpc) is 2.38. The fourth-order valence-electron chi connectivity index (χ4n) is 1.91. The molecule has 2 heterocycles. The number of fused-ring (bicyclic) bond motifs is 1. The Labute approximate surface area is 104 Å². The SMILES string of the molecule is Clc1cnnc(-c2ccc3c(c2)CCCO3)n1. The van der Waals surface area contributed by atoms with Gasteiger partial charge in [-0.15, -0.1) is 5.10 Å². The summed E-state index contributed by atoms with van der Waals surface area (Å²) < 4.78 is 5.56. The molecule has 0 N–H and O–H groups in total. The lowest BCUT2D eigenvalue weighted by Crippen LogP contribution is -2.08. The van der Waals surface area contributed by atoms with Crippen LogP contribution in [0.2, 0.25) is 5.15 Å². The second-order valence-electron chi connectivity index (χ2n) is 3.88. The van der Waals surface area contributed by atoms with Gasteiger partial charge in [-0.3, -0.25) is 0 Å². The predicted octanol–water partition coefficient (Wildman–Crippen LogP) is 2.52. The minimum Gasteiger partial charge on any atom is -0.493 e. The van der Waals surface area contributed by atoms with Gasteiger partial charge in [-0.05, 0) is 36.6 Å². The quantitative estimate of drug-likeness (QED) is 0.777. The van der Waals surface area contributed by atoms with Crippen LogP contribution in [-0.4, -0.2) is 21.8 Å². The van der Waals surface area contributed by atoms with Crippen molar-refractivity contribution >= 4 is 11.6 Å². The molecular formula is C12H10ClN3O. The Bertz CT molecular complexity index is 559. The van der Waals surface area contributed by atoms with Crippen LogP contribution in [0.25, 0.3) is 11.4 Å². The Balaban J connectivity index is 2.04. The maximum Gasteiger partial charge on any atom is 0.183 e. The molecule has 0 amide bonds. The fourth-order valence-corrected chi connectivity index (χ4v) is 2.03. The summed E-state index contributed by atoms with van der Waals surface area (Å²) in [5.41, 5.74) is 2.11. The second kappa shape index (κ2) is 4.30. The van der Waals surface area contributed by atoms with E-state index in [-0.39, 0.29) is 0 Å². The number of aryl methyl sites for hydroxylation is 1. The molecule has 0 bridgehead atoms. The first kappa shape index (κ1) is 10.5. The number of halogens is 1. The lowest BCUT2D eigenvalue weighted by atomic mass is 10.0. The molecule has 86 valence electrons. The van der Waals surface area contributed by atoms with Gasteiger partial charge < -0.3 is 4.74 Å². The van der Waals surface area contributed by atoms with Crippen LogP contribution < -0.4 is 4.74 Å². The van der Waals surface area contributed by atoms with Crippen molar-refractivity contribution in [2.24, 2.45) is 0 Å². The van der Waals surface area contributed by atoms with E-state index in [1.54, 1.807) is 0 Å². The zero-order chi connectivity index (χ0) is 11.7. The minimum atomic E-state index is 0.351. The van der Waals surface area contributed by atoms with Gasteiger partial charge in [0, 0.05) is 5.56 Å². The third kappa shape index (κ3) is 2.08. The van der Waals surface area contributed by atoms with Crippen molar-refractivity contribution in [3.8, 4) is 17.1 Å². The molecule has 0 saturated heterocycles. The van der Waals surface area contributed by atoms with Crippen LogP contribution in [0.1, 0.15) is 12.0 Å². The zero-order valence-corrected chi connectivity index (χ0v) is 9.81. The van der Waals surface area contributed by atoms with Gasteiger partial charge >= 0.3 is 0 Å². The molecule has 5 heteroatoms. The predicted molar refractivity (Wildman–Crippen MR) is 64.1 cm³/mol. The summed E-state index contributed by atoms with van der Waals surface area (Å²) in [4.78, 5) is 4.14. The summed E-state index contributed by atoms with van der Waals surface area (Å²) >= 11 is 5.80. The lowest BCUT2D eigenvalue weighted by molar-refractivity contribution is 0.288. The van der Waals surface area contributed by atoms with E-state index in [0.29, 0.717) is 11.0 Å². The molecule has 17 heavy (non-hydrogen) atoms. The van der Waals surface area contributed by atoms with Crippen LogP contribution >= 0.6 is 11.6 Å². The summed E-state index contributed by atoms with van der Waals surface area (Å²) in [5, 5.41) is 8.12. The molecule has 0 fully saturated rings. The van der Waals surface area contributed by atoms with Crippen molar-refractivity contribution < 1.29 is 4.74 Å². The first-order chi connectivity index (χ1) is 8.33. The van der Waals surface area contributed by atoms with Crippen molar-refractivity contribution in [3.05, 3.63) is 35.1 Å². The normalized spacial score (nSPS) is 13.9. The Morgan fingerprint density at radius 1 is 1.29 bits per heavy atom. The molecule has 0 radical (unpaired) electrons. The molecule has 0 atom stereocenters. The van der Waals surface area contributed by atoms with Crippen molar-refractivity contribution in [1.29, 1.82) is 0 Å². The summed E-state index contributed by atoms with van der Waals surface area (Å²) in [5.74, 6) is 1.50. The fraction of sp³-hybridized carbons (Fsp3) is 0.250. The molecule has 4 nitrogen and oxygen atoms in total. The standard InChI is InChI=1S/C12H10ClN3O/c13-11-7-14-16-12(15-11)9-3-4-10-8(6-9)2-1-5-17-10/h3-4,6-7H,1-2,5H2. The number of hydrogen-bond acceptors (Lipinski definition) is 4. The molecule has 2 aromatic rings. The second-order valence-corrected chi connectivity index (χ2v) is 4.26. The highest BCUT2D eigenvalue weighted by Gasteiger charge is 2.12. The maximum absolute atomic E-state index is 5.80. The number of nitrogens with zero attached hydrogens (tertiary/aromatic N) is 3. The molecule has 1 aromatic heterocycles. The number of ether oxygens (including phenoxy) is 1. The molecule has 1 aliphatic heterocycles. The van der Waals surface area contributed by atoms with Gasteiger partial charge in [0.1, 0.15) is 5.75 Å². The molecule has 0 saturated carbocycles. The highest BCUT2D eigenvalue weighted by molar-refractivity contribution is 6.29. The maximum atomic E-state index is 5.80. The van der Waals surface area contributed by atoms with Gasteiger partial charge in [0.2, 0.25) is 0 Å². The minimum absolute atomic E-state index is 0.351. The van der Waals surface area contributed by atoms with Gasteiger partial charge in [-0.1, -0.05) is 11.6 Å². The van der Waals surface area contributed by atoms with E-state index in [9.17, 15) is 0 Å². The monoisotopic (exact) mass is 247 g/mol. The van der Waals surface area contributed by atoms with Gasteiger partial charge in [-0.25, -0.2) is 4.98 Å². The summed E-state index contributed by atoms with van der Waals surface area (Å²) in [6.07, 6.45) is 3.49. The smallest absolute Gasteiger partial charge is 0.183 e. The van der Waals surface area contributed by atoms with Gasteiger partial charge in [0.15, 0.2) is 11.0 Å². The molecule has 1 aromatic carbocycles. The Kier molecular flexibility index (Phi) is 2.65. The highest BCUT2D eigenvalue weighted by Crippen LogP contribution is 2.28. The van der Waals surface area contributed by atoms with Crippen LogP contribution in [0.15, 0.2) is 24.4 Å². The Hall–Kier alpha value is -1.68. The highest BCUT2D eigenvalue weighted by atomic mass is 35.5. The third-order valence-electron chi connectivity index (χ3n) is 2.70. The van der Waals surface area contributed by atoms with Crippen LogP contribution in [0.4, 0.5) is 0 Å². The van der Waals surface area contributed by atoms with Crippen molar-refractivity contribution in [2.75, 3.05) is 6.61 Å². The molecule has 1 aliphatic rings. The summed E-state index contributed by atoms with van der Waals surface area (Å²) in [7, 11) is 0. The van der Waals surface area contributed by atoms with Gasteiger partial charge in [0.25, 0.3) is 0 Å². The van der Waals surface area contributed by atoms with E-state index >= 15 is 0 Å². The van der Waals surface area contributed by atoms with Crippen molar-refractivity contribution in [1.82, 2.24) is 15.2 Å². The van der Waals surface area contributed by atoms with E-state index < -0.39 is 0 Å².